The molecule has 0 unspecified atom stereocenters. The second-order valence-electron chi connectivity index (χ2n) is 4.54. The van der Waals surface area contributed by atoms with Gasteiger partial charge in [0.05, 0.1) is 12.0 Å². The largest absolute Gasteiger partial charge is 0.506 e. The third kappa shape index (κ3) is 2.47. The normalized spacial score (nSPS) is 10.9. The van der Waals surface area contributed by atoms with Crippen molar-refractivity contribution in [2.45, 2.75) is 6.42 Å². The highest BCUT2D eigenvalue weighted by atomic mass is 35.5. The molecule has 2 aromatic carbocycles. The molecule has 0 bridgehead atoms. The van der Waals surface area contributed by atoms with Gasteiger partial charge in [-0.25, -0.2) is 0 Å². The quantitative estimate of drug-likeness (QED) is 0.749. The van der Waals surface area contributed by atoms with Gasteiger partial charge < -0.3 is 9.84 Å². The zero-order valence-electron chi connectivity index (χ0n) is 10.9. The van der Waals surface area contributed by atoms with Gasteiger partial charge in [-0.3, -0.25) is 0 Å². The van der Waals surface area contributed by atoms with Gasteiger partial charge in [0.15, 0.2) is 0 Å². The van der Waals surface area contributed by atoms with E-state index in [0.29, 0.717) is 12.2 Å². The second kappa shape index (κ2) is 5.35. The van der Waals surface area contributed by atoms with Gasteiger partial charge >= 0.3 is 0 Å². The Morgan fingerprint density at radius 1 is 1.15 bits per heavy atom. The first kappa shape index (κ1) is 13.3. The van der Waals surface area contributed by atoms with E-state index in [1.165, 1.54) is 0 Å². The van der Waals surface area contributed by atoms with Crippen LogP contribution < -0.4 is 4.74 Å². The first-order chi connectivity index (χ1) is 9.67. The van der Waals surface area contributed by atoms with Crippen molar-refractivity contribution in [3.05, 3.63) is 57.9 Å². The van der Waals surface area contributed by atoms with Crippen LogP contribution >= 0.6 is 22.9 Å². The summed E-state index contributed by atoms with van der Waals surface area (Å²) in [6, 6.07) is 13.4. The number of thiophene rings is 1. The molecule has 0 aliphatic carbocycles. The fourth-order valence-corrected chi connectivity index (χ4v) is 3.44. The molecule has 0 spiro atoms. The number of fused-ring (bicyclic) bond motifs is 1. The van der Waals surface area contributed by atoms with Crippen LogP contribution in [0.1, 0.15) is 10.4 Å². The number of benzene rings is 2. The van der Waals surface area contributed by atoms with Crippen LogP contribution in [0.5, 0.6) is 11.5 Å². The standard InChI is InChI=1S/C16H13ClO2S/c1-19-12-6-7-13-14(9-12)20-15(16(13)18)8-10-2-4-11(17)5-3-10/h2-7,9,18H,8H2,1H3. The minimum absolute atomic E-state index is 0.364. The molecule has 0 radical (unpaired) electrons. The maximum absolute atomic E-state index is 10.3. The van der Waals surface area contributed by atoms with Gasteiger partial charge in [-0.2, -0.15) is 0 Å². The van der Waals surface area contributed by atoms with Crippen molar-refractivity contribution >= 4 is 33.0 Å². The van der Waals surface area contributed by atoms with Crippen molar-refractivity contribution in [3.63, 3.8) is 0 Å². The molecule has 0 saturated carbocycles. The molecule has 1 N–H and O–H groups in total. The first-order valence-electron chi connectivity index (χ1n) is 6.20. The van der Waals surface area contributed by atoms with Crippen LogP contribution in [0.25, 0.3) is 10.1 Å². The van der Waals surface area contributed by atoms with Crippen molar-refractivity contribution < 1.29 is 9.84 Å². The Morgan fingerprint density at radius 3 is 2.60 bits per heavy atom. The van der Waals surface area contributed by atoms with E-state index in [2.05, 4.69) is 0 Å². The summed E-state index contributed by atoms with van der Waals surface area (Å²) in [5, 5.41) is 11.9. The summed E-state index contributed by atoms with van der Waals surface area (Å²) in [6.07, 6.45) is 0.699. The molecule has 102 valence electrons. The summed E-state index contributed by atoms with van der Waals surface area (Å²) in [5.74, 6) is 1.17. The first-order valence-corrected chi connectivity index (χ1v) is 7.39. The van der Waals surface area contributed by atoms with Crippen LogP contribution in [0.3, 0.4) is 0 Å². The minimum Gasteiger partial charge on any atom is -0.506 e. The molecule has 20 heavy (non-hydrogen) atoms. The molecular weight excluding hydrogens is 292 g/mol. The van der Waals surface area contributed by atoms with E-state index in [4.69, 9.17) is 16.3 Å². The van der Waals surface area contributed by atoms with E-state index in [1.807, 2.05) is 42.5 Å². The lowest BCUT2D eigenvalue weighted by Crippen LogP contribution is -1.84. The summed E-state index contributed by atoms with van der Waals surface area (Å²) in [4.78, 5) is 0.954. The number of hydrogen-bond acceptors (Lipinski definition) is 3. The van der Waals surface area contributed by atoms with E-state index in [-0.39, 0.29) is 0 Å². The lowest BCUT2D eigenvalue weighted by Gasteiger charge is -2.00. The highest BCUT2D eigenvalue weighted by Crippen LogP contribution is 2.39. The second-order valence-corrected chi connectivity index (χ2v) is 6.11. The van der Waals surface area contributed by atoms with Gasteiger partial charge in [-0.1, -0.05) is 23.7 Å². The Labute approximate surface area is 126 Å². The van der Waals surface area contributed by atoms with Crippen molar-refractivity contribution in [3.8, 4) is 11.5 Å². The minimum atomic E-state index is 0.364. The van der Waals surface area contributed by atoms with Crippen molar-refractivity contribution in [1.82, 2.24) is 0 Å². The monoisotopic (exact) mass is 304 g/mol. The maximum Gasteiger partial charge on any atom is 0.137 e. The fourth-order valence-electron chi connectivity index (χ4n) is 2.15. The molecule has 0 amide bonds. The van der Waals surface area contributed by atoms with Gasteiger partial charge in [0.1, 0.15) is 11.5 Å². The van der Waals surface area contributed by atoms with Crippen LogP contribution in [-0.2, 0) is 6.42 Å². The predicted octanol–water partition coefficient (Wildman–Crippen LogP) is 4.86. The molecule has 1 heterocycles. The molecule has 0 saturated heterocycles. The van der Waals surface area contributed by atoms with E-state index in [0.717, 1.165) is 31.3 Å². The lowest BCUT2D eigenvalue weighted by molar-refractivity contribution is 0.415. The number of ether oxygens (including phenoxy) is 1. The van der Waals surface area contributed by atoms with Gasteiger partial charge in [0.2, 0.25) is 0 Å². The Bertz CT molecular complexity index is 747. The average molecular weight is 305 g/mol. The third-order valence-electron chi connectivity index (χ3n) is 3.22. The highest BCUT2D eigenvalue weighted by molar-refractivity contribution is 7.19. The van der Waals surface area contributed by atoms with Gasteiger partial charge in [0, 0.05) is 21.5 Å². The number of aromatic hydroxyl groups is 1. The molecule has 4 heteroatoms. The lowest BCUT2D eigenvalue weighted by atomic mass is 10.1. The molecular formula is C16H13ClO2S. The Hall–Kier alpha value is -1.71. The van der Waals surface area contributed by atoms with Crippen molar-refractivity contribution in [1.29, 1.82) is 0 Å². The summed E-state index contributed by atoms with van der Waals surface area (Å²) < 4.78 is 6.25. The maximum atomic E-state index is 10.3. The molecule has 3 aromatic rings. The molecule has 0 aliphatic rings. The third-order valence-corrected chi connectivity index (χ3v) is 4.61. The number of hydrogen-bond donors (Lipinski definition) is 1. The fraction of sp³-hybridized carbons (Fsp3) is 0.125. The molecule has 1 aromatic heterocycles. The Balaban J connectivity index is 1.99. The Kier molecular flexibility index (Phi) is 3.55. The van der Waals surface area contributed by atoms with Crippen LogP contribution in [0.4, 0.5) is 0 Å². The van der Waals surface area contributed by atoms with Gasteiger partial charge in [-0.05, 0) is 35.9 Å². The molecule has 0 atom stereocenters. The van der Waals surface area contributed by atoms with Gasteiger partial charge in [0.25, 0.3) is 0 Å². The van der Waals surface area contributed by atoms with Crippen LogP contribution in [-0.4, -0.2) is 12.2 Å². The van der Waals surface area contributed by atoms with Crippen LogP contribution in [0.2, 0.25) is 5.02 Å². The summed E-state index contributed by atoms with van der Waals surface area (Å²) >= 11 is 7.47. The summed E-state index contributed by atoms with van der Waals surface area (Å²) in [6.45, 7) is 0. The van der Waals surface area contributed by atoms with Crippen molar-refractivity contribution in [2.75, 3.05) is 7.11 Å². The topological polar surface area (TPSA) is 29.5 Å². The number of methoxy groups -OCH3 is 1. The zero-order valence-corrected chi connectivity index (χ0v) is 12.5. The van der Waals surface area contributed by atoms with E-state index < -0.39 is 0 Å². The summed E-state index contributed by atoms with van der Waals surface area (Å²) in [7, 11) is 1.64. The highest BCUT2D eigenvalue weighted by Gasteiger charge is 2.12. The van der Waals surface area contributed by atoms with E-state index in [1.54, 1.807) is 18.4 Å². The smallest absolute Gasteiger partial charge is 0.137 e. The SMILES string of the molecule is COc1ccc2c(O)c(Cc3ccc(Cl)cc3)sc2c1. The number of halogens is 1. The predicted molar refractivity (Wildman–Crippen MR) is 84.3 cm³/mol. The molecule has 2 nitrogen and oxygen atoms in total. The summed E-state index contributed by atoms with van der Waals surface area (Å²) in [5.41, 5.74) is 1.13. The van der Waals surface area contributed by atoms with E-state index >= 15 is 0 Å². The van der Waals surface area contributed by atoms with Crippen molar-refractivity contribution in [2.24, 2.45) is 0 Å². The molecule has 3 rings (SSSR count). The Morgan fingerprint density at radius 2 is 1.90 bits per heavy atom. The van der Waals surface area contributed by atoms with E-state index in [9.17, 15) is 5.11 Å². The average Bonchev–Trinajstić information content (AvgIpc) is 2.77. The zero-order chi connectivity index (χ0) is 14.1. The number of rotatable bonds is 3. The molecule has 0 aliphatic heterocycles. The van der Waals surface area contributed by atoms with Crippen LogP contribution in [0, 0.1) is 0 Å². The van der Waals surface area contributed by atoms with Gasteiger partial charge in [-0.15, -0.1) is 11.3 Å². The molecule has 0 fully saturated rings. The van der Waals surface area contributed by atoms with Crippen LogP contribution in [0.15, 0.2) is 42.5 Å².